The number of carbonyl (C=O) groups excluding carboxylic acids is 2. The lowest BCUT2D eigenvalue weighted by molar-refractivity contribution is -0.148. The average Bonchev–Trinajstić information content (AvgIpc) is 3.20. The molecule has 7 heteroatoms. The minimum Gasteiger partial charge on any atom is -0.481 e. The van der Waals surface area contributed by atoms with Crippen molar-refractivity contribution < 1.29 is 24.2 Å². The summed E-state index contributed by atoms with van der Waals surface area (Å²) < 4.78 is 4.68. The number of hydrogen-bond donors (Lipinski definition) is 2. The molecule has 118 valence electrons. The molecule has 2 aliphatic rings. The number of anilines is 1. The van der Waals surface area contributed by atoms with Crippen molar-refractivity contribution in [3.8, 4) is 0 Å². The van der Waals surface area contributed by atoms with Gasteiger partial charge in [-0.1, -0.05) is 0 Å². The summed E-state index contributed by atoms with van der Waals surface area (Å²) in [7, 11) is 1.28. The maximum Gasteiger partial charge on any atom is 0.350 e. The van der Waals surface area contributed by atoms with E-state index in [1.54, 1.807) is 11.4 Å². The van der Waals surface area contributed by atoms with Crippen molar-refractivity contribution >= 4 is 34.9 Å². The third kappa shape index (κ3) is 2.39. The Morgan fingerprint density at radius 1 is 1.27 bits per heavy atom. The zero-order valence-electron chi connectivity index (χ0n) is 12.1. The van der Waals surface area contributed by atoms with E-state index in [4.69, 9.17) is 0 Å². The minimum absolute atomic E-state index is 0.0980. The van der Waals surface area contributed by atoms with Crippen LogP contribution in [0.15, 0.2) is 11.4 Å². The van der Waals surface area contributed by atoms with E-state index in [1.165, 1.54) is 18.4 Å². The summed E-state index contributed by atoms with van der Waals surface area (Å²) in [6.07, 6.45) is 2.60. The van der Waals surface area contributed by atoms with Gasteiger partial charge in [-0.3, -0.25) is 9.59 Å². The lowest BCUT2D eigenvalue weighted by Crippen LogP contribution is -2.38. The molecule has 2 aliphatic carbocycles. The van der Waals surface area contributed by atoms with E-state index in [2.05, 4.69) is 10.1 Å². The van der Waals surface area contributed by atoms with E-state index in [0.717, 1.165) is 19.3 Å². The molecule has 0 saturated heterocycles. The maximum absolute atomic E-state index is 12.6. The van der Waals surface area contributed by atoms with Crippen LogP contribution in [0.2, 0.25) is 0 Å². The topological polar surface area (TPSA) is 92.7 Å². The molecule has 2 fully saturated rings. The van der Waals surface area contributed by atoms with Crippen molar-refractivity contribution in [1.82, 2.24) is 0 Å². The Bertz CT molecular complexity index is 625. The van der Waals surface area contributed by atoms with Gasteiger partial charge in [-0.05, 0) is 42.5 Å². The zero-order chi connectivity index (χ0) is 15.9. The van der Waals surface area contributed by atoms with E-state index in [9.17, 15) is 19.5 Å². The van der Waals surface area contributed by atoms with Gasteiger partial charge in [-0.15, -0.1) is 11.3 Å². The van der Waals surface area contributed by atoms with Gasteiger partial charge in [0.15, 0.2) is 0 Å². The first kappa shape index (κ1) is 15.0. The highest BCUT2D eigenvalue weighted by molar-refractivity contribution is 7.12. The van der Waals surface area contributed by atoms with Gasteiger partial charge in [0, 0.05) is 0 Å². The Hall–Kier alpha value is -1.89. The molecule has 0 spiro atoms. The fourth-order valence-corrected chi connectivity index (χ4v) is 4.66. The Balaban J connectivity index is 1.79. The van der Waals surface area contributed by atoms with Crippen LogP contribution < -0.4 is 5.32 Å². The van der Waals surface area contributed by atoms with Crippen molar-refractivity contribution in [2.24, 2.45) is 23.7 Å². The SMILES string of the molecule is COC(=O)c1sccc1NC(=O)[C@@H]1[C@@H]2CC[C@@H](C2)[C@@H]1C(=O)O. The predicted octanol–water partition coefficient (Wildman–Crippen LogP) is 2.22. The number of esters is 1. The Morgan fingerprint density at radius 2 is 1.95 bits per heavy atom. The number of carbonyl (C=O) groups is 3. The summed E-state index contributed by atoms with van der Waals surface area (Å²) in [6, 6.07) is 1.64. The van der Waals surface area contributed by atoms with Gasteiger partial charge in [-0.25, -0.2) is 4.79 Å². The molecule has 2 saturated carbocycles. The second-order valence-corrected chi connectivity index (χ2v) is 6.78. The van der Waals surface area contributed by atoms with Crippen LogP contribution in [0, 0.1) is 23.7 Å². The van der Waals surface area contributed by atoms with Gasteiger partial charge in [-0.2, -0.15) is 0 Å². The van der Waals surface area contributed by atoms with Crippen molar-refractivity contribution in [1.29, 1.82) is 0 Å². The van der Waals surface area contributed by atoms with Crippen LogP contribution in [0.1, 0.15) is 28.9 Å². The average molecular weight is 323 g/mol. The fourth-order valence-electron chi connectivity index (χ4n) is 3.90. The lowest BCUT2D eigenvalue weighted by Gasteiger charge is -2.27. The van der Waals surface area contributed by atoms with E-state index >= 15 is 0 Å². The molecule has 4 atom stereocenters. The monoisotopic (exact) mass is 323 g/mol. The number of carboxylic acid groups (broad SMARTS) is 1. The first-order valence-corrected chi connectivity index (χ1v) is 8.10. The molecule has 0 unspecified atom stereocenters. The molecule has 0 radical (unpaired) electrons. The molecule has 0 aromatic carbocycles. The van der Waals surface area contributed by atoms with Crippen LogP contribution >= 0.6 is 11.3 Å². The number of nitrogens with one attached hydrogen (secondary N) is 1. The molecule has 2 bridgehead atoms. The molecule has 6 nitrogen and oxygen atoms in total. The summed E-state index contributed by atoms with van der Waals surface area (Å²) >= 11 is 1.18. The molecule has 1 aromatic rings. The van der Waals surface area contributed by atoms with Crippen LogP contribution in [0.5, 0.6) is 0 Å². The van der Waals surface area contributed by atoms with Gasteiger partial charge in [0.05, 0.1) is 24.6 Å². The molecular weight excluding hydrogens is 306 g/mol. The second-order valence-electron chi connectivity index (χ2n) is 5.87. The van der Waals surface area contributed by atoms with Gasteiger partial charge in [0.1, 0.15) is 4.88 Å². The molecule has 3 rings (SSSR count). The van der Waals surface area contributed by atoms with E-state index in [-0.39, 0.29) is 17.7 Å². The van der Waals surface area contributed by atoms with Crippen LogP contribution in [0.4, 0.5) is 5.69 Å². The smallest absolute Gasteiger partial charge is 0.350 e. The first-order valence-electron chi connectivity index (χ1n) is 7.22. The van der Waals surface area contributed by atoms with Crippen LogP contribution in [0.25, 0.3) is 0 Å². The number of carboxylic acids is 1. The van der Waals surface area contributed by atoms with Crippen LogP contribution in [-0.2, 0) is 14.3 Å². The van der Waals surface area contributed by atoms with Crippen LogP contribution in [0.3, 0.4) is 0 Å². The molecular formula is C15H17NO5S. The molecule has 1 heterocycles. The summed E-state index contributed by atoms with van der Waals surface area (Å²) in [5.74, 6) is -2.60. The second kappa shape index (κ2) is 5.72. The number of amides is 1. The summed E-state index contributed by atoms with van der Waals surface area (Å²) in [6.45, 7) is 0. The first-order chi connectivity index (χ1) is 10.5. The van der Waals surface area contributed by atoms with E-state index < -0.39 is 23.8 Å². The quantitative estimate of drug-likeness (QED) is 0.829. The van der Waals surface area contributed by atoms with Gasteiger partial charge in [0.25, 0.3) is 0 Å². The van der Waals surface area contributed by atoms with Crippen molar-refractivity contribution in [3.05, 3.63) is 16.3 Å². The Kier molecular flexibility index (Phi) is 3.90. The highest BCUT2D eigenvalue weighted by atomic mass is 32.1. The normalized spacial score (nSPS) is 29.3. The molecule has 0 aliphatic heterocycles. The molecule has 2 N–H and O–H groups in total. The summed E-state index contributed by atoms with van der Waals surface area (Å²) in [5, 5.41) is 13.8. The fraction of sp³-hybridized carbons (Fsp3) is 0.533. The standard InChI is InChI=1S/C15H17NO5S/c1-21-15(20)12-9(4-5-22-12)16-13(17)10-7-2-3-8(6-7)11(10)14(18)19/h4-5,7-8,10-11H,2-3,6H2,1H3,(H,16,17)(H,18,19)/t7-,8+,10-,11+/m1/s1. The highest BCUT2D eigenvalue weighted by Gasteiger charge is 2.54. The Labute approximate surface area is 131 Å². The van der Waals surface area contributed by atoms with Crippen molar-refractivity contribution in [2.75, 3.05) is 12.4 Å². The number of methoxy groups -OCH3 is 1. The number of aliphatic carboxylic acids is 1. The van der Waals surface area contributed by atoms with Gasteiger partial charge < -0.3 is 15.2 Å². The number of ether oxygens (including phenoxy) is 1. The largest absolute Gasteiger partial charge is 0.481 e. The zero-order valence-corrected chi connectivity index (χ0v) is 12.9. The summed E-state index contributed by atoms with van der Waals surface area (Å²) in [5.41, 5.74) is 0.397. The third-order valence-corrected chi connectivity index (χ3v) is 5.69. The van der Waals surface area contributed by atoms with Crippen molar-refractivity contribution in [2.45, 2.75) is 19.3 Å². The highest BCUT2D eigenvalue weighted by Crippen LogP contribution is 2.52. The maximum atomic E-state index is 12.6. The van der Waals surface area contributed by atoms with E-state index in [1.807, 2.05) is 0 Å². The van der Waals surface area contributed by atoms with Crippen LogP contribution in [-0.4, -0.2) is 30.1 Å². The molecule has 1 aromatic heterocycles. The van der Waals surface area contributed by atoms with Gasteiger partial charge in [0.2, 0.25) is 5.91 Å². The van der Waals surface area contributed by atoms with Crippen molar-refractivity contribution in [3.63, 3.8) is 0 Å². The summed E-state index contributed by atoms with van der Waals surface area (Å²) in [4.78, 5) is 36.0. The number of rotatable bonds is 4. The number of fused-ring (bicyclic) bond motifs is 2. The third-order valence-electron chi connectivity index (χ3n) is 4.80. The lowest BCUT2D eigenvalue weighted by atomic mass is 9.78. The van der Waals surface area contributed by atoms with E-state index in [0.29, 0.717) is 10.6 Å². The molecule has 1 amide bonds. The van der Waals surface area contributed by atoms with Gasteiger partial charge >= 0.3 is 11.9 Å². The molecule has 22 heavy (non-hydrogen) atoms. The number of hydrogen-bond acceptors (Lipinski definition) is 5. The Morgan fingerprint density at radius 3 is 2.59 bits per heavy atom. The number of thiophene rings is 1. The minimum atomic E-state index is -0.897. The predicted molar refractivity (Wildman–Crippen MR) is 79.7 cm³/mol.